The predicted molar refractivity (Wildman–Crippen MR) is 154 cm³/mol. The van der Waals surface area contributed by atoms with Gasteiger partial charge in [-0.15, -0.1) is 0 Å². The highest BCUT2D eigenvalue weighted by Gasteiger charge is 2.63. The first-order valence-corrected chi connectivity index (χ1v) is 16.1. The van der Waals surface area contributed by atoms with Crippen LogP contribution in [0, 0.1) is 29.1 Å². The maximum absolute atomic E-state index is 14.2. The van der Waals surface area contributed by atoms with Crippen LogP contribution < -0.4 is 5.32 Å². The molecular weight excluding hydrogens is 504 g/mol. The number of allylic oxidation sites excluding steroid dienone is 1. The van der Waals surface area contributed by atoms with E-state index in [0.717, 1.165) is 50.6 Å². The van der Waals surface area contributed by atoms with E-state index >= 15 is 0 Å². The molecule has 0 aromatic carbocycles. The van der Waals surface area contributed by atoms with Crippen molar-refractivity contribution in [3.8, 4) is 0 Å². The molecule has 7 nitrogen and oxygen atoms in total. The van der Waals surface area contributed by atoms with Gasteiger partial charge in [0.15, 0.2) is 0 Å². The minimum atomic E-state index is -1.07. The number of esters is 1. The Morgan fingerprint density at radius 3 is 2.55 bits per heavy atom. The molecule has 222 valence electrons. The van der Waals surface area contributed by atoms with Gasteiger partial charge in [0.25, 0.3) is 0 Å². The minimum Gasteiger partial charge on any atom is -0.468 e. The van der Waals surface area contributed by atoms with Gasteiger partial charge in [-0.3, -0.25) is 14.4 Å². The summed E-state index contributed by atoms with van der Waals surface area (Å²) in [6.07, 6.45) is 17.6. The summed E-state index contributed by atoms with van der Waals surface area (Å²) in [6, 6.07) is 0. The third kappa shape index (κ3) is 6.19. The summed E-state index contributed by atoms with van der Waals surface area (Å²) in [5, 5.41) is 3.13. The van der Waals surface area contributed by atoms with Crippen molar-refractivity contribution in [2.45, 2.75) is 116 Å². The quantitative estimate of drug-likeness (QED) is 0.277. The van der Waals surface area contributed by atoms with Crippen molar-refractivity contribution in [3.05, 3.63) is 23.4 Å². The summed E-state index contributed by atoms with van der Waals surface area (Å²) in [4.78, 5) is 43.2. The number of fused-ring (bicyclic) bond motifs is 1. The Labute approximate surface area is 240 Å². The predicted octanol–water partition coefficient (Wildman–Crippen LogP) is 5.69. The molecule has 5 aliphatic rings. The lowest BCUT2D eigenvalue weighted by molar-refractivity contribution is -0.182. The molecule has 0 aromatic rings. The van der Waals surface area contributed by atoms with E-state index in [1.54, 1.807) is 0 Å². The third-order valence-corrected chi connectivity index (χ3v) is 10.1. The fourth-order valence-corrected chi connectivity index (χ4v) is 7.61. The number of piperidine rings is 1. The van der Waals surface area contributed by atoms with E-state index < -0.39 is 11.3 Å². The number of likely N-dealkylation sites (tertiary alicyclic amines) is 1. The molecule has 1 saturated heterocycles. The summed E-state index contributed by atoms with van der Waals surface area (Å²) < 4.78 is 12.2. The molecule has 40 heavy (non-hydrogen) atoms. The highest BCUT2D eigenvalue weighted by molar-refractivity contribution is 5.92. The molecule has 2 saturated carbocycles. The van der Waals surface area contributed by atoms with E-state index in [4.69, 9.17) is 9.47 Å². The van der Waals surface area contributed by atoms with Gasteiger partial charge in [-0.1, -0.05) is 44.8 Å². The summed E-state index contributed by atoms with van der Waals surface area (Å²) in [5.41, 5.74) is 1.09. The van der Waals surface area contributed by atoms with Crippen LogP contribution in [0.5, 0.6) is 0 Å². The maximum atomic E-state index is 14.2. The smallest absolute Gasteiger partial charge is 0.320 e. The van der Waals surface area contributed by atoms with Crippen LogP contribution in [0.25, 0.3) is 0 Å². The van der Waals surface area contributed by atoms with Crippen molar-refractivity contribution in [2.75, 3.05) is 20.2 Å². The second-order valence-corrected chi connectivity index (χ2v) is 13.4. The van der Waals surface area contributed by atoms with Gasteiger partial charge >= 0.3 is 5.97 Å². The van der Waals surface area contributed by atoms with E-state index in [1.165, 1.54) is 44.8 Å². The van der Waals surface area contributed by atoms with Gasteiger partial charge in [-0.25, -0.2) is 0 Å². The van der Waals surface area contributed by atoms with Gasteiger partial charge in [0.1, 0.15) is 5.41 Å². The van der Waals surface area contributed by atoms with Crippen LogP contribution in [0.2, 0.25) is 0 Å². The van der Waals surface area contributed by atoms with Crippen LogP contribution in [0.4, 0.5) is 0 Å². The average Bonchev–Trinajstić information content (AvgIpc) is 3.81. The summed E-state index contributed by atoms with van der Waals surface area (Å²) in [6.45, 7) is 5.45. The Hall–Kier alpha value is -2.15. The van der Waals surface area contributed by atoms with Crippen molar-refractivity contribution in [3.63, 3.8) is 0 Å². The molecule has 0 bridgehead atoms. The first-order valence-electron chi connectivity index (χ1n) is 16.1. The van der Waals surface area contributed by atoms with Gasteiger partial charge in [-0.2, -0.15) is 0 Å². The monoisotopic (exact) mass is 554 g/mol. The number of hydrogen-bond acceptors (Lipinski definition) is 5. The van der Waals surface area contributed by atoms with E-state index in [2.05, 4.69) is 25.2 Å². The molecule has 2 aliphatic heterocycles. The highest BCUT2D eigenvalue weighted by Crippen LogP contribution is 2.56. The number of hydrogen-bond donors (Lipinski definition) is 1. The normalized spacial score (nSPS) is 31.4. The number of ether oxygens (including phenoxy) is 2. The molecule has 7 heteroatoms. The van der Waals surface area contributed by atoms with Gasteiger partial charge in [0.05, 0.1) is 19.3 Å². The molecule has 5 rings (SSSR count). The number of methoxy groups -OCH3 is 1. The van der Waals surface area contributed by atoms with Gasteiger partial charge < -0.3 is 19.7 Å². The third-order valence-electron chi connectivity index (χ3n) is 10.1. The number of nitrogens with one attached hydrogen (secondary N) is 1. The van der Waals surface area contributed by atoms with Gasteiger partial charge in [0, 0.05) is 31.1 Å². The van der Waals surface area contributed by atoms with Crippen molar-refractivity contribution in [1.82, 2.24) is 10.2 Å². The van der Waals surface area contributed by atoms with E-state index in [-0.39, 0.29) is 54.7 Å². The lowest BCUT2D eigenvalue weighted by atomic mass is 9.64. The molecule has 4 atom stereocenters. The van der Waals surface area contributed by atoms with Crippen LogP contribution in [-0.2, 0) is 23.9 Å². The molecule has 0 aromatic heterocycles. The van der Waals surface area contributed by atoms with Crippen molar-refractivity contribution >= 4 is 17.8 Å². The summed E-state index contributed by atoms with van der Waals surface area (Å²) in [5.74, 6) is -0.0372. The molecule has 0 spiro atoms. The highest BCUT2D eigenvalue weighted by atomic mass is 16.5. The Balaban J connectivity index is 1.44. The Kier molecular flexibility index (Phi) is 9.38. The first-order chi connectivity index (χ1) is 19.3. The number of carbonyl (C=O) groups is 3. The number of nitrogens with zero attached hydrogens (tertiary/aromatic N) is 1. The second-order valence-electron chi connectivity index (χ2n) is 13.4. The molecule has 1 N–H and O–H groups in total. The van der Waals surface area contributed by atoms with Crippen LogP contribution in [-0.4, -0.2) is 55.1 Å². The van der Waals surface area contributed by atoms with Crippen molar-refractivity contribution < 1.29 is 23.9 Å². The molecule has 0 radical (unpaired) electrons. The molecule has 2 heterocycles. The Morgan fingerprint density at radius 1 is 1.12 bits per heavy atom. The standard InChI is InChI=1S/C33H50N2O5/c1-22(2)27-19-28-33(32(38)39-3,30(40-27)25-14-15-25)20-26(18-29(36)34-21-24-12-8-5-9-13-24)31(37)35(28)17-16-23-10-6-4-7-11-23/h10,19,22,24-27,30H,4-9,11-18,20-21H2,1-3H3,(H,34,36)/t26-,27+,30+,33+/m0/s1. The average molecular weight is 555 g/mol. The number of rotatable bonds is 10. The summed E-state index contributed by atoms with van der Waals surface area (Å²) in [7, 11) is 1.44. The van der Waals surface area contributed by atoms with E-state index in [0.29, 0.717) is 19.0 Å². The Bertz CT molecular complexity index is 1010. The fraction of sp³-hybridized carbons (Fsp3) is 0.788. The van der Waals surface area contributed by atoms with Crippen molar-refractivity contribution in [2.24, 2.45) is 29.1 Å². The molecule has 2 amide bonds. The zero-order valence-corrected chi connectivity index (χ0v) is 24.9. The number of carbonyl (C=O) groups excluding carboxylic acids is 3. The molecule has 3 fully saturated rings. The number of amides is 2. The van der Waals surface area contributed by atoms with Crippen molar-refractivity contribution in [1.29, 1.82) is 0 Å². The summed E-state index contributed by atoms with van der Waals surface area (Å²) >= 11 is 0. The molecule has 3 aliphatic carbocycles. The zero-order chi connectivity index (χ0) is 28.3. The Morgan fingerprint density at radius 2 is 1.90 bits per heavy atom. The molecular formula is C33H50N2O5. The van der Waals surface area contributed by atoms with Crippen LogP contribution >= 0.6 is 0 Å². The second kappa shape index (κ2) is 12.8. The van der Waals surface area contributed by atoms with E-state index in [9.17, 15) is 14.4 Å². The SMILES string of the molecule is COC(=O)[C@]12C[C@H](CC(=O)NCC3CCCCC3)C(=O)N(CCC3=CCCCC3)C1=C[C@H](C(C)C)O[C@@H]2C1CC1. The maximum Gasteiger partial charge on any atom is 0.320 e. The van der Waals surface area contributed by atoms with Crippen LogP contribution in [0.15, 0.2) is 23.4 Å². The zero-order valence-electron chi connectivity index (χ0n) is 24.9. The van der Waals surface area contributed by atoms with Gasteiger partial charge in [-0.05, 0) is 88.0 Å². The topological polar surface area (TPSA) is 84.9 Å². The lowest BCUT2D eigenvalue weighted by Crippen LogP contribution is -2.62. The minimum absolute atomic E-state index is 0.0334. The van der Waals surface area contributed by atoms with E-state index in [1.807, 2.05) is 11.0 Å². The largest absolute Gasteiger partial charge is 0.468 e. The lowest BCUT2D eigenvalue weighted by Gasteiger charge is -2.53. The van der Waals surface area contributed by atoms with Crippen LogP contribution in [0.3, 0.4) is 0 Å². The molecule has 0 unspecified atom stereocenters. The first kappa shape index (κ1) is 29.3. The van der Waals surface area contributed by atoms with Crippen LogP contribution in [0.1, 0.15) is 104 Å². The fourth-order valence-electron chi connectivity index (χ4n) is 7.61. The van der Waals surface area contributed by atoms with Gasteiger partial charge in [0.2, 0.25) is 11.8 Å².